The highest BCUT2D eigenvalue weighted by molar-refractivity contribution is 5.78. The molecule has 0 spiro atoms. The molecule has 0 saturated heterocycles. The topological polar surface area (TPSA) is 61.4 Å². The Morgan fingerprint density at radius 2 is 1.80 bits per heavy atom. The van der Waals surface area contributed by atoms with Crippen LogP contribution in [0, 0.1) is 5.92 Å². The fourth-order valence-corrected chi connectivity index (χ4v) is 3.41. The Hall–Kier alpha value is -0.610. The van der Waals surface area contributed by atoms with Crippen molar-refractivity contribution in [2.45, 2.75) is 76.4 Å². The Balaban J connectivity index is 1.61. The van der Waals surface area contributed by atoms with Crippen LogP contribution < -0.4 is 10.6 Å². The van der Waals surface area contributed by atoms with E-state index >= 15 is 0 Å². The quantitative estimate of drug-likeness (QED) is 0.722. The van der Waals surface area contributed by atoms with E-state index in [1.807, 2.05) is 0 Å². The molecule has 2 fully saturated rings. The van der Waals surface area contributed by atoms with Crippen LogP contribution in [0.25, 0.3) is 0 Å². The van der Waals surface area contributed by atoms with Gasteiger partial charge in [-0.25, -0.2) is 0 Å². The molecule has 3 N–H and O–H groups in total. The first-order chi connectivity index (χ1) is 9.57. The molecule has 0 aliphatic heterocycles. The van der Waals surface area contributed by atoms with E-state index in [1.54, 1.807) is 0 Å². The van der Waals surface area contributed by atoms with Gasteiger partial charge in [0.2, 0.25) is 5.91 Å². The highest BCUT2D eigenvalue weighted by Crippen LogP contribution is 2.31. The first-order valence-corrected chi connectivity index (χ1v) is 8.30. The van der Waals surface area contributed by atoms with Crippen molar-refractivity contribution in [2.24, 2.45) is 5.92 Å². The van der Waals surface area contributed by atoms with Crippen molar-refractivity contribution >= 4 is 5.91 Å². The Morgan fingerprint density at radius 3 is 2.45 bits per heavy atom. The minimum Gasteiger partial charge on any atom is -0.389 e. The van der Waals surface area contributed by atoms with Crippen LogP contribution in [-0.2, 0) is 4.79 Å². The molecule has 1 amide bonds. The molecule has 2 rings (SSSR count). The van der Waals surface area contributed by atoms with E-state index in [0.717, 1.165) is 44.4 Å². The van der Waals surface area contributed by atoms with Crippen LogP contribution in [-0.4, -0.2) is 35.7 Å². The van der Waals surface area contributed by atoms with Crippen LogP contribution in [0.15, 0.2) is 0 Å². The van der Waals surface area contributed by atoms with Crippen molar-refractivity contribution in [3.63, 3.8) is 0 Å². The number of hydrogen-bond donors (Lipinski definition) is 3. The van der Waals surface area contributed by atoms with Crippen LogP contribution in [0.4, 0.5) is 0 Å². The lowest BCUT2D eigenvalue weighted by atomic mass is 9.79. The molecule has 0 aromatic carbocycles. The highest BCUT2D eigenvalue weighted by Gasteiger charge is 2.31. The van der Waals surface area contributed by atoms with Gasteiger partial charge in [-0.2, -0.15) is 0 Å². The zero-order valence-corrected chi connectivity index (χ0v) is 12.8. The Morgan fingerprint density at radius 1 is 1.15 bits per heavy atom. The van der Waals surface area contributed by atoms with E-state index in [1.165, 1.54) is 19.3 Å². The monoisotopic (exact) mass is 282 g/mol. The van der Waals surface area contributed by atoms with Crippen molar-refractivity contribution in [1.29, 1.82) is 0 Å². The van der Waals surface area contributed by atoms with E-state index in [4.69, 9.17) is 0 Å². The van der Waals surface area contributed by atoms with Crippen LogP contribution in [0.3, 0.4) is 0 Å². The van der Waals surface area contributed by atoms with E-state index in [0.29, 0.717) is 19.1 Å². The minimum atomic E-state index is -0.600. The summed E-state index contributed by atoms with van der Waals surface area (Å²) >= 11 is 0. The van der Waals surface area contributed by atoms with Crippen molar-refractivity contribution in [3.05, 3.63) is 0 Å². The summed E-state index contributed by atoms with van der Waals surface area (Å²) in [4.78, 5) is 11.9. The summed E-state index contributed by atoms with van der Waals surface area (Å²) in [5.74, 6) is 0.801. The van der Waals surface area contributed by atoms with E-state index in [9.17, 15) is 9.90 Å². The zero-order chi connectivity index (χ0) is 14.4. The maximum absolute atomic E-state index is 11.9. The summed E-state index contributed by atoms with van der Waals surface area (Å²) in [6, 6.07) is 0.372. The van der Waals surface area contributed by atoms with Crippen molar-refractivity contribution in [2.75, 3.05) is 13.1 Å². The molecule has 0 heterocycles. The van der Waals surface area contributed by atoms with E-state index in [-0.39, 0.29) is 5.91 Å². The minimum absolute atomic E-state index is 0.0738. The maximum atomic E-state index is 11.9. The van der Waals surface area contributed by atoms with Gasteiger partial charge in [0, 0.05) is 12.6 Å². The predicted molar refractivity (Wildman–Crippen MR) is 80.5 cm³/mol. The number of hydrogen-bond acceptors (Lipinski definition) is 3. The van der Waals surface area contributed by atoms with E-state index in [2.05, 4.69) is 17.6 Å². The van der Waals surface area contributed by atoms with Gasteiger partial charge < -0.3 is 15.7 Å². The molecule has 0 radical (unpaired) electrons. The number of carbonyl (C=O) groups excluding carboxylic acids is 1. The maximum Gasteiger partial charge on any atom is 0.234 e. The Kier molecular flexibility index (Phi) is 5.85. The molecule has 4 heteroatoms. The number of aliphatic hydroxyl groups is 1. The SMILES string of the molecule is CC1CCC(O)(CNCC(=O)NC2CCCCC2)CC1. The summed E-state index contributed by atoms with van der Waals surface area (Å²) < 4.78 is 0. The van der Waals surface area contributed by atoms with Gasteiger partial charge in [0.25, 0.3) is 0 Å². The van der Waals surface area contributed by atoms with Gasteiger partial charge in [0.05, 0.1) is 12.1 Å². The lowest BCUT2D eigenvalue weighted by Crippen LogP contribution is -2.47. The molecule has 2 saturated carbocycles. The normalized spacial score (nSPS) is 32.0. The number of rotatable bonds is 5. The average Bonchev–Trinajstić information content (AvgIpc) is 2.44. The van der Waals surface area contributed by atoms with Gasteiger partial charge in [-0.05, 0) is 44.4 Å². The summed E-state index contributed by atoms with van der Waals surface area (Å²) in [6.45, 7) is 3.11. The van der Waals surface area contributed by atoms with Gasteiger partial charge in [-0.1, -0.05) is 26.2 Å². The molecule has 0 atom stereocenters. The molecule has 0 bridgehead atoms. The lowest BCUT2D eigenvalue weighted by Gasteiger charge is -2.35. The molecule has 116 valence electrons. The second-order valence-corrected chi connectivity index (χ2v) is 6.91. The predicted octanol–water partition coefficient (Wildman–Crippen LogP) is 1.97. The van der Waals surface area contributed by atoms with Gasteiger partial charge in [-0.15, -0.1) is 0 Å². The van der Waals surface area contributed by atoms with Crippen LogP contribution in [0.1, 0.15) is 64.7 Å². The van der Waals surface area contributed by atoms with Crippen molar-refractivity contribution in [3.8, 4) is 0 Å². The molecular weight excluding hydrogens is 252 g/mol. The number of carbonyl (C=O) groups is 1. The fraction of sp³-hybridized carbons (Fsp3) is 0.938. The molecule has 20 heavy (non-hydrogen) atoms. The third-order valence-corrected chi connectivity index (χ3v) is 4.91. The highest BCUT2D eigenvalue weighted by atomic mass is 16.3. The average molecular weight is 282 g/mol. The van der Waals surface area contributed by atoms with Crippen molar-refractivity contribution in [1.82, 2.24) is 10.6 Å². The molecule has 0 unspecified atom stereocenters. The largest absolute Gasteiger partial charge is 0.389 e. The Bertz CT molecular complexity index is 306. The summed E-state index contributed by atoms with van der Waals surface area (Å²) in [5.41, 5.74) is -0.600. The number of nitrogens with one attached hydrogen (secondary N) is 2. The zero-order valence-electron chi connectivity index (χ0n) is 12.8. The summed E-state index contributed by atoms with van der Waals surface area (Å²) in [6.07, 6.45) is 9.89. The third-order valence-electron chi connectivity index (χ3n) is 4.91. The molecule has 2 aliphatic rings. The molecule has 0 aromatic rings. The van der Waals surface area contributed by atoms with Crippen LogP contribution in [0.2, 0.25) is 0 Å². The third kappa shape index (κ3) is 5.06. The second-order valence-electron chi connectivity index (χ2n) is 6.91. The van der Waals surface area contributed by atoms with Gasteiger partial charge >= 0.3 is 0 Å². The second kappa shape index (κ2) is 7.41. The fourth-order valence-electron chi connectivity index (χ4n) is 3.41. The first-order valence-electron chi connectivity index (χ1n) is 8.30. The summed E-state index contributed by atoms with van der Waals surface area (Å²) in [7, 11) is 0. The molecule has 2 aliphatic carbocycles. The van der Waals surface area contributed by atoms with Gasteiger partial charge in [0.15, 0.2) is 0 Å². The first kappa shape index (κ1) is 15.8. The smallest absolute Gasteiger partial charge is 0.234 e. The van der Waals surface area contributed by atoms with Crippen LogP contribution in [0.5, 0.6) is 0 Å². The Labute approximate surface area is 122 Å². The lowest BCUT2D eigenvalue weighted by molar-refractivity contribution is -0.121. The summed E-state index contributed by atoms with van der Waals surface area (Å²) in [5, 5.41) is 16.7. The van der Waals surface area contributed by atoms with Gasteiger partial charge in [0.1, 0.15) is 0 Å². The van der Waals surface area contributed by atoms with Crippen LogP contribution >= 0.6 is 0 Å². The molecular formula is C16H30N2O2. The number of amides is 1. The van der Waals surface area contributed by atoms with Gasteiger partial charge in [-0.3, -0.25) is 4.79 Å². The van der Waals surface area contributed by atoms with E-state index < -0.39 is 5.60 Å². The standard InChI is InChI=1S/C16H30N2O2/c1-13-7-9-16(20,10-8-13)12-17-11-15(19)18-14-5-3-2-4-6-14/h13-14,17,20H,2-12H2,1H3,(H,18,19). The van der Waals surface area contributed by atoms with Crippen molar-refractivity contribution < 1.29 is 9.90 Å². The molecule has 0 aromatic heterocycles. The molecule has 4 nitrogen and oxygen atoms in total.